The fraction of sp³-hybridized carbons (Fsp3) is 0.478. The zero-order chi connectivity index (χ0) is 24.6. The third-order valence-corrected chi connectivity index (χ3v) is 7.35. The molecular weight excluding hydrogens is 478 g/mol. The highest BCUT2D eigenvalue weighted by atomic mass is 35.5. The van der Waals surface area contributed by atoms with Crippen molar-refractivity contribution in [3.8, 4) is 0 Å². The van der Waals surface area contributed by atoms with Crippen molar-refractivity contribution in [2.45, 2.75) is 24.3 Å². The van der Waals surface area contributed by atoms with Crippen LogP contribution in [-0.2, 0) is 26.0 Å². The Hall–Kier alpha value is -2.17. The first kappa shape index (κ1) is 26.4. The van der Waals surface area contributed by atoms with Crippen molar-refractivity contribution in [2.75, 3.05) is 53.1 Å². The first-order chi connectivity index (χ1) is 16.3. The zero-order valence-corrected chi connectivity index (χ0v) is 21.0. The predicted molar refractivity (Wildman–Crippen MR) is 132 cm³/mol. The van der Waals surface area contributed by atoms with Gasteiger partial charge in [-0.1, -0.05) is 34.9 Å². The number of rotatable bonds is 12. The fourth-order valence-electron chi connectivity index (χ4n) is 4.01. The molecule has 34 heavy (non-hydrogen) atoms. The van der Waals surface area contributed by atoms with E-state index in [9.17, 15) is 8.42 Å². The number of nitrogens with one attached hydrogen (secondary N) is 1. The van der Waals surface area contributed by atoms with E-state index in [2.05, 4.69) is 25.7 Å². The van der Waals surface area contributed by atoms with Gasteiger partial charge in [0.05, 0.1) is 31.3 Å². The molecule has 0 spiro atoms. The van der Waals surface area contributed by atoms with Crippen LogP contribution in [0.1, 0.15) is 28.2 Å². The molecule has 2 aromatic carbocycles. The number of likely N-dealkylation sites (N-methyl/N-ethyl adjacent to an activating group) is 1. The lowest BCUT2D eigenvalue weighted by Gasteiger charge is -2.33. The molecule has 1 aliphatic rings. The van der Waals surface area contributed by atoms with Crippen LogP contribution in [0, 0.1) is 6.92 Å². The Balaban J connectivity index is 1.60. The van der Waals surface area contributed by atoms with E-state index in [1.807, 2.05) is 26.1 Å². The molecular formula is C23H30ClN5O4S. The van der Waals surface area contributed by atoms with Crippen molar-refractivity contribution >= 4 is 21.6 Å². The summed E-state index contributed by atoms with van der Waals surface area (Å²) in [6.45, 7) is 5.19. The minimum absolute atomic E-state index is 0.0310. The minimum atomic E-state index is -3.68. The van der Waals surface area contributed by atoms with Gasteiger partial charge in [-0.15, -0.1) is 0 Å². The topological polar surface area (TPSA) is 117 Å². The molecule has 0 saturated heterocycles. The van der Waals surface area contributed by atoms with Gasteiger partial charge in [0.25, 0.3) is 0 Å². The molecule has 1 N–H and O–H groups in total. The summed E-state index contributed by atoms with van der Waals surface area (Å²) in [6.07, 6.45) is 0. The maximum absolute atomic E-state index is 12.9. The molecule has 1 aliphatic heterocycles. The smallest absolute Gasteiger partial charge is 0.240 e. The van der Waals surface area contributed by atoms with E-state index >= 15 is 0 Å². The minimum Gasteiger partial charge on any atom is -0.379 e. The van der Waals surface area contributed by atoms with Crippen molar-refractivity contribution in [1.29, 1.82) is 0 Å². The number of hydrogen-bond donors (Lipinski definition) is 1. The highest BCUT2D eigenvalue weighted by Gasteiger charge is 2.27. The highest BCUT2D eigenvalue weighted by molar-refractivity contribution is 7.89. The lowest BCUT2D eigenvalue weighted by molar-refractivity contribution is 0.0531. The van der Waals surface area contributed by atoms with Crippen LogP contribution in [0.15, 0.2) is 46.4 Å². The molecule has 1 atom stereocenters. The van der Waals surface area contributed by atoms with Crippen LogP contribution >= 0.6 is 11.6 Å². The molecule has 0 saturated carbocycles. The van der Waals surface area contributed by atoms with E-state index in [1.165, 1.54) is 0 Å². The maximum Gasteiger partial charge on any atom is 0.240 e. The van der Waals surface area contributed by atoms with Gasteiger partial charge in [-0.3, -0.25) is 0 Å². The second-order valence-corrected chi connectivity index (χ2v) is 10.4. The Morgan fingerprint density at radius 1 is 1.21 bits per heavy atom. The van der Waals surface area contributed by atoms with Crippen molar-refractivity contribution in [3.05, 3.63) is 74.1 Å². The third kappa shape index (κ3) is 7.16. The number of halogens is 1. The summed E-state index contributed by atoms with van der Waals surface area (Å²) < 4.78 is 38.9. The van der Waals surface area contributed by atoms with Crippen molar-refractivity contribution in [1.82, 2.24) is 9.62 Å². The number of sulfonamides is 1. The van der Waals surface area contributed by atoms with Crippen LogP contribution in [0.5, 0.6) is 0 Å². The monoisotopic (exact) mass is 507 g/mol. The van der Waals surface area contributed by atoms with Crippen LogP contribution in [0.25, 0.3) is 10.4 Å². The van der Waals surface area contributed by atoms with Crippen molar-refractivity contribution < 1.29 is 17.9 Å². The molecule has 9 nitrogen and oxygen atoms in total. The van der Waals surface area contributed by atoms with E-state index in [0.717, 1.165) is 40.4 Å². The first-order valence-electron chi connectivity index (χ1n) is 11.0. The largest absolute Gasteiger partial charge is 0.379 e. The molecule has 11 heteroatoms. The summed E-state index contributed by atoms with van der Waals surface area (Å²) in [5.74, 6) is 0.0310. The molecule has 0 amide bonds. The van der Waals surface area contributed by atoms with Crippen molar-refractivity contribution in [2.24, 2.45) is 5.11 Å². The van der Waals surface area contributed by atoms with Gasteiger partial charge < -0.3 is 14.4 Å². The van der Waals surface area contributed by atoms with E-state index in [1.54, 1.807) is 18.2 Å². The van der Waals surface area contributed by atoms with Crippen LogP contribution in [0.4, 0.5) is 0 Å². The lowest BCUT2D eigenvalue weighted by Crippen LogP contribution is -2.31. The van der Waals surface area contributed by atoms with Crippen LogP contribution < -0.4 is 4.72 Å². The number of azide groups is 1. The van der Waals surface area contributed by atoms with E-state index in [0.29, 0.717) is 19.8 Å². The number of ether oxygens (including phenoxy) is 2. The molecule has 0 aliphatic carbocycles. The standard InChI is InChI=1S/C23H30ClN5O4S/c1-17-12-20-21(15-29(2)16-22(20)23(24)13-17)18-4-3-5-19(14-18)34(30,31)27-7-9-33-11-10-32-8-6-26-28-25/h3-5,12-14,21,27H,6-11,15-16H2,1-2H3. The fourth-order valence-corrected chi connectivity index (χ4v) is 5.42. The molecule has 184 valence electrons. The number of benzene rings is 2. The lowest BCUT2D eigenvalue weighted by atomic mass is 9.84. The quantitative estimate of drug-likeness (QED) is 0.203. The Morgan fingerprint density at radius 2 is 1.97 bits per heavy atom. The van der Waals surface area contributed by atoms with Gasteiger partial charge in [-0.25, -0.2) is 13.1 Å². The molecule has 1 heterocycles. The van der Waals surface area contributed by atoms with Gasteiger partial charge in [0.15, 0.2) is 0 Å². The average Bonchev–Trinajstić information content (AvgIpc) is 2.80. The Morgan fingerprint density at radius 3 is 2.74 bits per heavy atom. The van der Waals surface area contributed by atoms with Gasteiger partial charge >= 0.3 is 0 Å². The van der Waals surface area contributed by atoms with Gasteiger partial charge in [-0.05, 0) is 60.0 Å². The SMILES string of the molecule is Cc1cc(Cl)c2c(c1)C(c1cccc(S(=O)(=O)NCCOCCOCCN=[N+]=[N-])c1)CN(C)C2. The van der Waals surface area contributed by atoms with Crippen LogP contribution in [0.2, 0.25) is 5.02 Å². The summed E-state index contributed by atoms with van der Waals surface area (Å²) in [5.41, 5.74) is 12.5. The molecule has 1 unspecified atom stereocenters. The number of fused-ring (bicyclic) bond motifs is 1. The van der Waals surface area contributed by atoms with Crippen molar-refractivity contribution in [3.63, 3.8) is 0 Å². The average molecular weight is 508 g/mol. The van der Waals surface area contributed by atoms with E-state index in [-0.39, 0.29) is 30.5 Å². The Kier molecular flexibility index (Phi) is 9.73. The second-order valence-electron chi connectivity index (χ2n) is 8.21. The molecule has 0 bridgehead atoms. The van der Waals surface area contributed by atoms with Crippen LogP contribution in [-0.4, -0.2) is 66.4 Å². The normalized spacial score (nSPS) is 16.1. The predicted octanol–water partition coefficient (Wildman–Crippen LogP) is 3.85. The summed E-state index contributed by atoms with van der Waals surface area (Å²) in [5, 5.41) is 4.11. The zero-order valence-electron chi connectivity index (χ0n) is 19.4. The summed E-state index contributed by atoms with van der Waals surface area (Å²) in [6, 6.07) is 11.2. The number of nitrogens with zero attached hydrogens (tertiary/aromatic N) is 4. The Bertz CT molecular complexity index is 1140. The summed E-state index contributed by atoms with van der Waals surface area (Å²) in [4.78, 5) is 5.06. The summed E-state index contributed by atoms with van der Waals surface area (Å²) in [7, 11) is -1.64. The third-order valence-electron chi connectivity index (χ3n) is 5.55. The number of hydrogen-bond acceptors (Lipinski definition) is 6. The molecule has 2 aromatic rings. The molecule has 0 fully saturated rings. The molecule has 0 radical (unpaired) electrons. The van der Waals surface area contributed by atoms with Gasteiger partial charge in [0.1, 0.15) is 0 Å². The molecule has 3 rings (SSSR count). The number of aryl methyl sites for hydroxylation is 1. The van der Waals surface area contributed by atoms with E-state index in [4.69, 9.17) is 26.6 Å². The first-order valence-corrected chi connectivity index (χ1v) is 12.9. The molecule has 0 aromatic heterocycles. The van der Waals surface area contributed by atoms with Gasteiger partial charge in [-0.2, -0.15) is 0 Å². The second kappa shape index (κ2) is 12.5. The Labute approximate surface area is 205 Å². The maximum atomic E-state index is 12.9. The van der Waals surface area contributed by atoms with Gasteiger partial charge in [0.2, 0.25) is 10.0 Å². The van der Waals surface area contributed by atoms with Crippen LogP contribution in [0.3, 0.4) is 0 Å². The van der Waals surface area contributed by atoms with E-state index < -0.39 is 10.0 Å². The van der Waals surface area contributed by atoms with Gasteiger partial charge in [0, 0.05) is 42.0 Å². The highest BCUT2D eigenvalue weighted by Crippen LogP contribution is 2.37. The summed E-state index contributed by atoms with van der Waals surface area (Å²) >= 11 is 6.53.